The highest BCUT2D eigenvalue weighted by Gasteiger charge is 2.29. The maximum atomic E-state index is 12.3. The number of carbonyl (C=O) groups excluding carboxylic acids is 1. The Labute approximate surface area is 129 Å². The van der Waals surface area contributed by atoms with Crippen molar-refractivity contribution in [3.8, 4) is 0 Å². The van der Waals surface area contributed by atoms with E-state index in [0.717, 1.165) is 16.2 Å². The SMILES string of the molecule is CC(C)CC(CNC(=O)C1CSc2ccccc21)C(=O)O. The number of aliphatic carboxylic acids is 1. The summed E-state index contributed by atoms with van der Waals surface area (Å²) in [6, 6.07) is 7.90. The Kier molecular flexibility index (Phi) is 5.28. The number of carboxylic acid groups (broad SMARTS) is 1. The first kappa shape index (κ1) is 15.9. The molecule has 2 N–H and O–H groups in total. The monoisotopic (exact) mass is 307 g/mol. The lowest BCUT2D eigenvalue weighted by atomic mass is 9.96. The standard InChI is InChI=1S/C16H21NO3S/c1-10(2)7-11(16(19)20)8-17-15(18)13-9-21-14-6-4-3-5-12(13)14/h3-6,10-11,13H,7-9H2,1-2H3,(H,17,18)(H,19,20). The third-order valence-corrected chi connectivity index (χ3v) is 4.83. The van der Waals surface area contributed by atoms with Crippen LogP contribution >= 0.6 is 11.8 Å². The second-order valence-corrected chi connectivity index (χ2v) is 6.87. The highest BCUT2D eigenvalue weighted by molar-refractivity contribution is 7.99. The van der Waals surface area contributed by atoms with Crippen LogP contribution in [0.15, 0.2) is 29.2 Å². The number of amides is 1. The minimum atomic E-state index is -0.842. The first-order valence-corrected chi connectivity index (χ1v) is 8.19. The minimum Gasteiger partial charge on any atom is -0.481 e. The van der Waals surface area contributed by atoms with Crippen LogP contribution in [0.4, 0.5) is 0 Å². The van der Waals surface area contributed by atoms with Crippen LogP contribution in [0.3, 0.4) is 0 Å². The summed E-state index contributed by atoms with van der Waals surface area (Å²) >= 11 is 1.68. The molecule has 1 aliphatic heterocycles. The molecule has 0 aliphatic carbocycles. The number of thioether (sulfide) groups is 1. The van der Waals surface area contributed by atoms with E-state index in [2.05, 4.69) is 5.32 Å². The average Bonchev–Trinajstić information content (AvgIpc) is 2.86. The number of rotatable bonds is 6. The van der Waals surface area contributed by atoms with Gasteiger partial charge in [-0.1, -0.05) is 32.0 Å². The van der Waals surface area contributed by atoms with Crippen molar-refractivity contribution in [2.45, 2.75) is 31.1 Å². The molecule has 1 amide bonds. The van der Waals surface area contributed by atoms with Crippen LogP contribution in [0.25, 0.3) is 0 Å². The van der Waals surface area contributed by atoms with Gasteiger partial charge < -0.3 is 10.4 Å². The number of carbonyl (C=O) groups is 2. The second kappa shape index (κ2) is 6.98. The third kappa shape index (κ3) is 4.00. The lowest BCUT2D eigenvalue weighted by Gasteiger charge is -2.17. The molecule has 0 bridgehead atoms. The number of benzene rings is 1. The van der Waals surface area contributed by atoms with Crippen LogP contribution in [0, 0.1) is 11.8 Å². The summed E-state index contributed by atoms with van der Waals surface area (Å²) in [5.74, 6) is -0.566. The maximum absolute atomic E-state index is 12.3. The molecule has 0 fully saturated rings. The van der Waals surface area contributed by atoms with Crippen LogP contribution in [0.2, 0.25) is 0 Å². The molecule has 1 heterocycles. The van der Waals surface area contributed by atoms with Crippen LogP contribution in [-0.4, -0.2) is 29.3 Å². The minimum absolute atomic E-state index is 0.0672. The van der Waals surface area contributed by atoms with Crippen LogP contribution in [0.1, 0.15) is 31.7 Å². The van der Waals surface area contributed by atoms with Crippen molar-refractivity contribution in [3.63, 3.8) is 0 Å². The van der Waals surface area contributed by atoms with Crippen LogP contribution in [-0.2, 0) is 9.59 Å². The summed E-state index contributed by atoms with van der Waals surface area (Å²) < 4.78 is 0. The third-order valence-electron chi connectivity index (χ3n) is 3.64. The molecule has 0 saturated carbocycles. The summed E-state index contributed by atoms with van der Waals surface area (Å²) in [4.78, 5) is 24.7. The molecule has 2 unspecified atom stereocenters. The summed E-state index contributed by atoms with van der Waals surface area (Å²) in [5.41, 5.74) is 1.05. The average molecular weight is 307 g/mol. The van der Waals surface area contributed by atoms with E-state index in [-0.39, 0.29) is 18.4 Å². The molecule has 5 heteroatoms. The molecule has 0 saturated heterocycles. The number of hydrogen-bond donors (Lipinski definition) is 2. The van der Waals surface area contributed by atoms with Crippen molar-refractivity contribution in [2.75, 3.05) is 12.3 Å². The smallest absolute Gasteiger partial charge is 0.308 e. The van der Waals surface area contributed by atoms with Crippen molar-refractivity contribution < 1.29 is 14.7 Å². The van der Waals surface area contributed by atoms with Gasteiger partial charge in [-0.2, -0.15) is 0 Å². The Morgan fingerprint density at radius 1 is 1.38 bits per heavy atom. The molecule has 1 aromatic carbocycles. The fourth-order valence-corrected chi connectivity index (χ4v) is 3.80. The normalized spacial score (nSPS) is 18.3. The van der Waals surface area contributed by atoms with Gasteiger partial charge in [-0.15, -0.1) is 11.8 Å². The quantitative estimate of drug-likeness (QED) is 0.848. The zero-order valence-electron chi connectivity index (χ0n) is 12.3. The van der Waals surface area contributed by atoms with Crippen molar-refractivity contribution in [1.82, 2.24) is 5.32 Å². The Morgan fingerprint density at radius 2 is 2.10 bits per heavy atom. The van der Waals surface area contributed by atoms with Crippen molar-refractivity contribution in [3.05, 3.63) is 29.8 Å². The van der Waals surface area contributed by atoms with E-state index < -0.39 is 11.9 Å². The molecule has 4 nitrogen and oxygen atoms in total. The summed E-state index contributed by atoms with van der Waals surface area (Å²) in [7, 11) is 0. The van der Waals surface area contributed by atoms with Gasteiger partial charge in [0, 0.05) is 17.2 Å². The highest BCUT2D eigenvalue weighted by Crippen LogP contribution is 2.39. The van der Waals surface area contributed by atoms with Gasteiger partial charge in [0.2, 0.25) is 5.91 Å². The van der Waals surface area contributed by atoms with Gasteiger partial charge in [-0.25, -0.2) is 0 Å². The molecule has 21 heavy (non-hydrogen) atoms. The molecule has 0 aromatic heterocycles. The number of nitrogens with one attached hydrogen (secondary N) is 1. The van der Waals surface area contributed by atoms with Crippen molar-refractivity contribution in [1.29, 1.82) is 0 Å². The molecule has 2 atom stereocenters. The van der Waals surface area contributed by atoms with E-state index in [1.807, 2.05) is 38.1 Å². The van der Waals surface area contributed by atoms with Gasteiger partial charge in [0.1, 0.15) is 0 Å². The van der Waals surface area contributed by atoms with Crippen LogP contribution < -0.4 is 5.32 Å². The molecule has 1 aliphatic rings. The van der Waals surface area contributed by atoms with E-state index in [9.17, 15) is 14.7 Å². The molecule has 2 rings (SSSR count). The van der Waals surface area contributed by atoms with Gasteiger partial charge in [0.05, 0.1) is 11.8 Å². The van der Waals surface area contributed by atoms with Gasteiger partial charge >= 0.3 is 5.97 Å². The predicted molar refractivity (Wildman–Crippen MR) is 83.5 cm³/mol. The van der Waals surface area contributed by atoms with Crippen molar-refractivity contribution in [2.24, 2.45) is 11.8 Å². The van der Waals surface area contributed by atoms with Crippen molar-refractivity contribution >= 4 is 23.6 Å². The van der Waals surface area contributed by atoms with E-state index in [1.165, 1.54) is 0 Å². The van der Waals surface area contributed by atoms with Crippen LogP contribution in [0.5, 0.6) is 0 Å². The Balaban J connectivity index is 1.95. The molecule has 114 valence electrons. The summed E-state index contributed by atoms with van der Waals surface area (Å²) in [6.45, 7) is 4.18. The topological polar surface area (TPSA) is 66.4 Å². The number of hydrogen-bond acceptors (Lipinski definition) is 3. The molecular formula is C16H21NO3S. The first-order chi connectivity index (χ1) is 9.99. The molecule has 0 spiro atoms. The molecular weight excluding hydrogens is 286 g/mol. The number of carboxylic acids is 1. The number of fused-ring (bicyclic) bond motifs is 1. The fraction of sp³-hybridized carbons (Fsp3) is 0.500. The summed E-state index contributed by atoms with van der Waals surface area (Å²) in [5, 5.41) is 12.0. The van der Waals surface area contributed by atoms with Gasteiger partial charge in [-0.3, -0.25) is 9.59 Å². The second-order valence-electron chi connectivity index (χ2n) is 5.81. The van der Waals surface area contributed by atoms with Gasteiger partial charge in [0.15, 0.2) is 0 Å². The summed E-state index contributed by atoms with van der Waals surface area (Å²) in [6.07, 6.45) is 0.575. The van der Waals surface area contributed by atoms with Gasteiger partial charge in [-0.05, 0) is 24.0 Å². The van der Waals surface area contributed by atoms with E-state index >= 15 is 0 Å². The fourth-order valence-electron chi connectivity index (χ4n) is 2.57. The zero-order valence-corrected chi connectivity index (χ0v) is 13.2. The molecule has 0 radical (unpaired) electrons. The Hall–Kier alpha value is -1.49. The highest BCUT2D eigenvalue weighted by atomic mass is 32.2. The Morgan fingerprint density at radius 3 is 2.76 bits per heavy atom. The van der Waals surface area contributed by atoms with E-state index in [4.69, 9.17) is 0 Å². The van der Waals surface area contributed by atoms with E-state index in [1.54, 1.807) is 11.8 Å². The maximum Gasteiger partial charge on any atom is 0.308 e. The van der Waals surface area contributed by atoms with Gasteiger partial charge in [0.25, 0.3) is 0 Å². The first-order valence-electron chi connectivity index (χ1n) is 7.21. The van der Waals surface area contributed by atoms with E-state index in [0.29, 0.717) is 12.3 Å². The largest absolute Gasteiger partial charge is 0.481 e. The Bertz CT molecular complexity index is 530. The lowest BCUT2D eigenvalue weighted by molar-refractivity contribution is -0.142. The lowest BCUT2D eigenvalue weighted by Crippen LogP contribution is -2.36. The predicted octanol–water partition coefficient (Wildman–Crippen LogP) is 2.74. The molecule has 1 aromatic rings. The zero-order chi connectivity index (χ0) is 15.4.